The molecule has 2 rings (SSSR count). The summed E-state index contributed by atoms with van der Waals surface area (Å²) in [5.74, 6) is 0.591. The smallest absolute Gasteiger partial charge is 0.254 e. The third-order valence-corrected chi connectivity index (χ3v) is 3.67. The van der Waals surface area contributed by atoms with Crippen LogP contribution in [0.15, 0.2) is 22.7 Å². The molecule has 3 nitrogen and oxygen atoms in total. The molecule has 0 aliphatic heterocycles. The number of hydrogen-bond acceptors (Lipinski definition) is 2. The van der Waals surface area contributed by atoms with E-state index in [0.29, 0.717) is 22.0 Å². The van der Waals surface area contributed by atoms with Gasteiger partial charge in [0, 0.05) is 18.2 Å². The van der Waals surface area contributed by atoms with Crippen LogP contribution in [0.4, 0.5) is 0 Å². The summed E-state index contributed by atoms with van der Waals surface area (Å²) in [5.41, 5.74) is 0.559. The zero-order chi connectivity index (χ0) is 13.3. The molecular formula is C14H18BrNO2. The molecule has 1 aromatic rings. The maximum absolute atomic E-state index is 12.4. The first kappa shape index (κ1) is 13.4. The fourth-order valence-corrected chi connectivity index (χ4v) is 2.24. The van der Waals surface area contributed by atoms with E-state index >= 15 is 0 Å². The molecule has 1 saturated carbocycles. The van der Waals surface area contributed by atoms with Crippen LogP contribution in [0.2, 0.25) is 0 Å². The second kappa shape index (κ2) is 5.31. The van der Waals surface area contributed by atoms with Gasteiger partial charge in [-0.15, -0.1) is 0 Å². The molecule has 1 fully saturated rings. The second-order valence-corrected chi connectivity index (χ2v) is 6.10. The Labute approximate surface area is 116 Å². The molecule has 1 aliphatic rings. The fourth-order valence-electron chi connectivity index (χ4n) is 1.99. The van der Waals surface area contributed by atoms with Crippen LogP contribution in [0.5, 0.6) is 5.75 Å². The van der Waals surface area contributed by atoms with Crippen molar-refractivity contribution in [3.63, 3.8) is 0 Å². The Hall–Kier alpha value is -1.03. The van der Waals surface area contributed by atoms with Gasteiger partial charge in [0.15, 0.2) is 0 Å². The minimum absolute atomic E-state index is 0.0222. The molecular weight excluding hydrogens is 294 g/mol. The summed E-state index contributed by atoms with van der Waals surface area (Å²) < 4.78 is 0.612. The Morgan fingerprint density at radius 1 is 1.50 bits per heavy atom. The molecule has 0 radical (unpaired) electrons. The van der Waals surface area contributed by atoms with Crippen LogP contribution in [0, 0.1) is 5.92 Å². The lowest BCUT2D eigenvalue weighted by Gasteiger charge is -2.24. The van der Waals surface area contributed by atoms with Crippen molar-refractivity contribution in [2.75, 3.05) is 6.54 Å². The van der Waals surface area contributed by atoms with Gasteiger partial charge >= 0.3 is 0 Å². The summed E-state index contributed by atoms with van der Waals surface area (Å²) in [6, 6.07) is 5.39. The Morgan fingerprint density at radius 2 is 2.17 bits per heavy atom. The number of phenolic OH excluding ortho intramolecular Hbond substituents is 1. The number of nitrogens with zero attached hydrogens (tertiary/aromatic N) is 1. The van der Waals surface area contributed by atoms with E-state index in [1.807, 2.05) is 4.90 Å². The molecule has 0 saturated heterocycles. The van der Waals surface area contributed by atoms with E-state index < -0.39 is 0 Å². The normalized spacial score (nSPS) is 14.9. The van der Waals surface area contributed by atoms with E-state index in [-0.39, 0.29) is 11.7 Å². The molecule has 1 amide bonds. The summed E-state index contributed by atoms with van der Waals surface area (Å²) in [5, 5.41) is 9.65. The Bertz CT molecular complexity index is 455. The van der Waals surface area contributed by atoms with Crippen LogP contribution in [0.1, 0.15) is 37.0 Å². The van der Waals surface area contributed by atoms with Crippen molar-refractivity contribution in [2.45, 2.75) is 32.7 Å². The van der Waals surface area contributed by atoms with Gasteiger partial charge in [0.2, 0.25) is 0 Å². The molecule has 1 N–H and O–H groups in total. The highest BCUT2D eigenvalue weighted by atomic mass is 79.9. The number of aromatic hydroxyl groups is 1. The fraction of sp³-hybridized carbons (Fsp3) is 0.500. The quantitative estimate of drug-likeness (QED) is 0.925. The molecule has 0 heterocycles. The number of halogens is 1. The molecule has 0 atom stereocenters. The molecule has 98 valence electrons. The van der Waals surface area contributed by atoms with E-state index in [2.05, 4.69) is 29.8 Å². The Balaban J connectivity index is 2.19. The number of amides is 1. The zero-order valence-corrected chi connectivity index (χ0v) is 12.3. The van der Waals surface area contributed by atoms with Crippen molar-refractivity contribution >= 4 is 21.8 Å². The monoisotopic (exact) mass is 311 g/mol. The van der Waals surface area contributed by atoms with Crippen LogP contribution in [0.3, 0.4) is 0 Å². The molecule has 0 aromatic heterocycles. The summed E-state index contributed by atoms with van der Waals surface area (Å²) in [6.07, 6.45) is 2.20. The van der Waals surface area contributed by atoms with Crippen LogP contribution in [-0.2, 0) is 0 Å². The van der Waals surface area contributed by atoms with Gasteiger partial charge in [-0.3, -0.25) is 4.79 Å². The molecule has 0 bridgehead atoms. The number of hydrogen-bond donors (Lipinski definition) is 1. The Kier molecular flexibility index (Phi) is 3.95. The van der Waals surface area contributed by atoms with Gasteiger partial charge in [-0.1, -0.05) is 13.8 Å². The van der Waals surface area contributed by atoms with Gasteiger partial charge in [-0.05, 0) is 52.9 Å². The second-order valence-electron chi connectivity index (χ2n) is 5.25. The van der Waals surface area contributed by atoms with Gasteiger partial charge < -0.3 is 10.0 Å². The molecule has 1 aromatic carbocycles. The van der Waals surface area contributed by atoms with Crippen LogP contribution in [-0.4, -0.2) is 28.5 Å². The van der Waals surface area contributed by atoms with E-state index in [1.54, 1.807) is 12.1 Å². The zero-order valence-electron chi connectivity index (χ0n) is 10.7. The molecule has 4 heteroatoms. The standard InChI is InChI=1S/C14H18BrNO2/c1-9(2)8-16(11-4-5-11)14(18)10-3-6-12(15)13(17)7-10/h3,6-7,9,11,17H,4-5,8H2,1-2H3. The Morgan fingerprint density at radius 3 is 2.67 bits per heavy atom. The molecule has 18 heavy (non-hydrogen) atoms. The lowest BCUT2D eigenvalue weighted by Crippen LogP contribution is -2.36. The summed E-state index contributed by atoms with van der Waals surface area (Å²) >= 11 is 3.22. The van der Waals surface area contributed by atoms with E-state index in [1.165, 1.54) is 6.07 Å². The van der Waals surface area contributed by atoms with Crippen LogP contribution in [0.25, 0.3) is 0 Å². The first-order valence-corrected chi connectivity index (χ1v) is 7.08. The van der Waals surface area contributed by atoms with Crippen molar-refractivity contribution < 1.29 is 9.90 Å². The molecule has 0 unspecified atom stereocenters. The predicted octanol–water partition coefficient (Wildman–Crippen LogP) is 3.42. The van der Waals surface area contributed by atoms with Gasteiger partial charge in [0.25, 0.3) is 5.91 Å². The maximum Gasteiger partial charge on any atom is 0.254 e. The van der Waals surface area contributed by atoms with Gasteiger partial charge in [0.05, 0.1) is 4.47 Å². The third-order valence-electron chi connectivity index (χ3n) is 3.00. The third kappa shape index (κ3) is 3.05. The number of benzene rings is 1. The highest BCUT2D eigenvalue weighted by molar-refractivity contribution is 9.10. The number of rotatable bonds is 4. The SMILES string of the molecule is CC(C)CN(C(=O)c1ccc(Br)c(O)c1)C1CC1. The van der Waals surface area contributed by atoms with Crippen molar-refractivity contribution in [1.82, 2.24) is 4.90 Å². The lowest BCUT2D eigenvalue weighted by atomic mass is 10.1. The van der Waals surface area contributed by atoms with E-state index in [4.69, 9.17) is 0 Å². The lowest BCUT2D eigenvalue weighted by molar-refractivity contribution is 0.0722. The number of carbonyl (C=O) groups excluding carboxylic acids is 1. The maximum atomic E-state index is 12.4. The van der Waals surface area contributed by atoms with Gasteiger partial charge in [0.1, 0.15) is 5.75 Å². The van der Waals surface area contributed by atoms with Gasteiger partial charge in [-0.25, -0.2) is 0 Å². The summed E-state index contributed by atoms with van der Waals surface area (Å²) in [6.45, 7) is 5.00. The van der Waals surface area contributed by atoms with Crippen molar-refractivity contribution in [3.8, 4) is 5.75 Å². The van der Waals surface area contributed by atoms with E-state index in [9.17, 15) is 9.90 Å². The number of phenols is 1. The highest BCUT2D eigenvalue weighted by Crippen LogP contribution is 2.30. The first-order valence-electron chi connectivity index (χ1n) is 6.28. The summed E-state index contributed by atoms with van der Waals surface area (Å²) in [7, 11) is 0. The molecule has 0 spiro atoms. The largest absolute Gasteiger partial charge is 0.507 e. The predicted molar refractivity (Wildman–Crippen MR) is 74.7 cm³/mol. The van der Waals surface area contributed by atoms with E-state index in [0.717, 1.165) is 19.4 Å². The van der Waals surface area contributed by atoms with Crippen LogP contribution >= 0.6 is 15.9 Å². The summed E-state index contributed by atoms with van der Waals surface area (Å²) in [4.78, 5) is 14.4. The number of carbonyl (C=O) groups is 1. The first-order chi connectivity index (χ1) is 8.49. The highest BCUT2D eigenvalue weighted by Gasteiger charge is 2.33. The van der Waals surface area contributed by atoms with Crippen molar-refractivity contribution in [1.29, 1.82) is 0 Å². The van der Waals surface area contributed by atoms with Crippen LogP contribution < -0.4 is 0 Å². The minimum atomic E-state index is 0.0222. The molecule has 1 aliphatic carbocycles. The van der Waals surface area contributed by atoms with Crippen molar-refractivity contribution in [2.24, 2.45) is 5.92 Å². The van der Waals surface area contributed by atoms with Gasteiger partial charge in [-0.2, -0.15) is 0 Å². The topological polar surface area (TPSA) is 40.5 Å². The average Bonchev–Trinajstić information content (AvgIpc) is 3.12. The average molecular weight is 312 g/mol. The minimum Gasteiger partial charge on any atom is -0.507 e. The van der Waals surface area contributed by atoms with Crippen molar-refractivity contribution in [3.05, 3.63) is 28.2 Å².